The van der Waals surface area contributed by atoms with Gasteiger partial charge in [-0.15, -0.1) is 0 Å². The van der Waals surface area contributed by atoms with Crippen molar-refractivity contribution in [1.29, 1.82) is 0 Å². The van der Waals surface area contributed by atoms with Crippen LogP contribution in [0.25, 0.3) is 0 Å². The summed E-state index contributed by atoms with van der Waals surface area (Å²) in [5.41, 5.74) is 0. The van der Waals surface area contributed by atoms with E-state index in [1.54, 1.807) is 0 Å². The second-order valence-corrected chi connectivity index (χ2v) is 0. The Kier molecular flexibility index (Phi) is 13800. The molecule has 0 amide bonds. The van der Waals surface area contributed by atoms with Crippen LogP contribution >= 0.6 is 0 Å². The van der Waals surface area contributed by atoms with Gasteiger partial charge in [0.2, 0.25) is 0 Å². The summed E-state index contributed by atoms with van der Waals surface area (Å²) in [6, 6.07) is 0. The second-order valence-electron chi connectivity index (χ2n) is 0. The van der Waals surface area contributed by atoms with Crippen molar-refractivity contribution in [3.8, 4) is 0 Å². The summed E-state index contributed by atoms with van der Waals surface area (Å²) in [5.74, 6) is 0. The van der Waals surface area contributed by atoms with Crippen molar-refractivity contribution < 1.29 is 4.65 Å². The quantitative estimate of drug-likeness (QED) is 0.207. The van der Waals surface area contributed by atoms with Gasteiger partial charge in [0.25, 0.3) is 0 Å². The van der Waals surface area contributed by atoms with Gasteiger partial charge in [0.05, 0.1) is 0 Å². The van der Waals surface area contributed by atoms with Crippen LogP contribution in [0.1, 0.15) is 0 Å². The Hall–Kier alpha value is -0.0431. The zero-order valence-electron chi connectivity index (χ0n) is 2.91. The molecule has 0 rings (SSSR count). The van der Waals surface area contributed by atoms with Crippen LogP contribution in [0.15, 0.2) is 0 Å². The molecule has 0 aliphatic carbocycles. The molecule has 0 bridgehead atoms. The van der Waals surface area contributed by atoms with E-state index in [9.17, 15) is 0 Å². The van der Waals surface area contributed by atoms with E-state index in [2.05, 4.69) is 13.2 Å². The fraction of sp³-hybridized carbons (Fsp3) is 0.500. The van der Waals surface area contributed by atoms with E-state index >= 15 is 0 Å². The van der Waals surface area contributed by atoms with Crippen LogP contribution < -0.4 is 0 Å². The molecular weight excluding hydrogens is 68.1 g/mol. The standard InChI is InChI=1S/CO.CH6Si/c2*1-2/h;1-2H3. The first kappa shape index (κ1) is 9.03. The molecule has 2 heteroatoms. The summed E-state index contributed by atoms with van der Waals surface area (Å²) in [5, 5.41) is 0. The fourth-order valence-corrected chi connectivity index (χ4v) is 0. The summed E-state index contributed by atoms with van der Waals surface area (Å²) in [4.78, 5) is 0. The maximum absolute atomic E-state index is 7.50. The summed E-state index contributed by atoms with van der Waals surface area (Å²) >= 11 is 0. The minimum absolute atomic E-state index is 1.31. The molecule has 0 aromatic rings. The van der Waals surface area contributed by atoms with Crippen LogP contribution in [0.3, 0.4) is 0 Å². The maximum atomic E-state index is 7.50. The first-order valence-corrected chi connectivity index (χ1v) is 3.20. The van der Waals surface area contributed by atoms with Gasteiger partial charge < -0.3 is 0 Å². The Labute approximate surface area is 29.2 Å². The molecule has 0 aromatic carbocycles. The Morgan fingerprint density at radius 3 is 1.50 bits per heavy atom. The zero-order chi connectivity index (χ0) is 4.00. The van der Waals surface area contributed by atoms with Crippen LogP contribution in [0.5, 0.6) is 0 Å². The van der Waals surface area contributed by atoms with Crippen molar-refractivity contribution in [2.75, 3.05) is 0 Å². The molecule has 0 N–H and O–H groups in total. The Morgan fingerprint density at radius 1 is 1.50 bits per heavy atom. The van der Waals surface area contributed by atoms with Gasteiger partial charge in [-0.05, 0) is 10.2 Å². The average molecular weight is 74.2 g/mol. The molecule has 0 radical (unpaired) electrons. The summed E-state index contributed by atoms with van der Waals surface area (Å²) in [7, 11) is 1.31. The van der Waals surface area contributed by atoms with Crippen LogP contribution in [0, 0.1) is 6.65 Å². The Balaban J connectivity index is 0. The van der Waals surface area contributed by atoms with Crippen LogP contribution in [0.2, 0.25) is 6.55 Å². The molecular formula is C2H6OSi. The average Bonchev–Trinajstić information content (AvgIpc) is 1.50. The predicted molar refractivity (Wildman–Crippen MR) is 19.7 cm³/mol. The van der Waals surface area contributed by atoms with Gasteiger partial charge in [-0.25, -0.2) is 0 Å². The third kappa shape index (κ3) is 964. The van der Waals surface area contributed by atoms with Crippen molar-refractivity contribution in [2.45, 2.75) is 6.55 Å². The molecule has 0 aromatic heterocycles. The Bertz CT molecular complexity index is 10.8. The van der Waals surface area contributed by atoms with Crippen molar-refractivity contribution >= 4 is 10.2 Å². The molecule has 0 fully saturated rings. The van der Waals surface area contributed by atoms with Crippen molar-refractivity contribution in [3.05, 3.63) is 6.65 Å². The molecule has 0 heterocycles. The van der Waals surface area contributed by atoms with Gasteiger partial charge in [-0.3, -0.25) is 0 Å². The second kappa shape index (κ2) is 6090. The molecule has 0 saturated heterocycles. The van der Waals surface area contributed by atoms with Crippen LogP contribution in [-0.4, -0.2) is 10.2 Å². The number of hydrogen-bond donors (Lipinski definition) is 0. The number of rotatable bonds is 0. The van der Waals surface area contributed by atoms with E-state index in [4.69, 9.17) is 4.65 Å². The third-order valence-corrected chi connectivity index (χ3v) is 0. The molecule has 0 saturated carbocycles. The zero-order valence-corrected chi connectivity index (χ0v) is 4.91. The molecule has 4 heavy (non-hydrogen) atoms. The number of hydrogen-bond acceptors (Lipinski definition) is 0. The molecule has 0 aliphatic heterocycles. The molecule has 0 spiro atoms. The molecule has 0 aliphatic rings. The van der Waals surface area contributed by atoms with Crippen molar-refractivity contribution in [3.63, 3.8) is 0 Å². The van der Waals surface area contributed by atoms with E-state index in [1.807, 2.05) is 0 Å². The van der Waals surface area contributed by atoms with Gasteiger partial charge in [0, 0.05) is 0 Å². The van der Waals surface area contributed by atoms with E-state index < -0.39 is 0 Å². The monoisotopic (exact) mass is 74.0 g/mol. The molecule has 24 valence electrons. The Morgan fingerprint density at radius 2 is 1.50 bits per heavy atom. The molecule has 0 atom stereocenters. The van der Waals surface area contributed by atoms with E-state index in [0.29, 0.717) is 0 Å². The van der Waals surface area contributed by atoms with Crippen LogP contribution in [0.4, 0.5) is 0 Å². The van der Waals surface area contributed by atoms with E-state index in [1.165, 1.54) is 10.2 Å². The van der Waals surface area contributed by atoms with Crippen molar-refractivity contribution in [1.82, 2.24) is 0 Å². The van der Waals surface area contributed by atoms with Gasteiger partial charge in [-0.1, -0.05) is 6.55 Å². The van der Waals surface area contributed by atoms with Gasteiger partial charge in [0.15, 0.2) is 0 Å². The minimum atomic E-state index is 1.31. The summed E-state index contributed by atoms with van der Waals surface area (Å²) in [6.07, 6.45) is 0. The topological polar surface area (TPSA) is 19.9 Å². The summed E-state index contributed by atoms with van der Waals surface area (Å²) in [6.45, 7) is 6.64. The first-order valence-electron chi connectivity index (χ1n) is 1.20. The summed E-state index contributed by atoms with van der Waals surface area (Å²) < 4.78 is 7.50. The normalized spacial score (nSPS) is 2.75. The molecule has 0 unspecified atom stereocenters. The van der Waals surface area contributed by atoms with Gasteiger partial charge in [0.1, 0.15) is 0 Å². The van der Waals surface area contributed by atoms with E-state index in [-0.39, 0.29) is 0 Å². The van der Waals surface area contributed by atoms with Crippen LogP contribution in [-0.2, 0) is 4.65 Å². The predicted octanol–water partition coefficient (Wildman–Crippen LogP) is -0.638. The van der Waals surface area contributed by atoms with Crippen molar-refractivity contribution in [2.24, 2.45) is 0 Å². The molecule has 1 nitrogen and oxygen atoms in total. The SMILES string of the molecule is C[SiH3].[C-]#[O+]. The third-order valence-electron chi connectivity index (χ3n) is 0. The van der Waals surface area contributed by atoms with E-state index in [0.717, 1.165) is 0 Å². The first-order chi connectivity index (χ1) is 2.00. The van der Waals surface area contributed by atoms with Gasteiger partial charge >= 0.3 is 11.3 Å². The fourth-order valence-electron chi connectivity index (χ4n) is 0. The van der Waals surface area contributed by atoms with Gasteiger partial charge in [-0.2, -0.15) is 0 Å².